The first-order chi connectivity index (χ1) is 29.6. The molecule has 4 aromatic carbocycles. The van der Waals surface area contributed by atoms with Crippen LogP contribution in [-0.2, 0) is 38.8 Å². The highest BCUT2D eigenvalue weighted by atomic mass is 35.5. The Morgan fingerprint density at radius 3 is 1.65 bits per heavy atom. The van der Waals surface area contributed by atoms with E-state index in [1.54, 1.807) is 20.4 Å². The number of nitrogens with two attached hydrogens (primary N) is 1. The van der Waals surface area contributed by atoms with Gasteiger partial charge in [0.15, 0.2) is 5.69 Å². The number of imidazole rings is 2. The highest BCUT2D eigenvalue weighted by Gasteiger charge is 2.25. The molecule has 0 saturated carbocycles. The van der Waals surface area contributed by atoms with Crippen LogP contribution in [0.5, 0.6) is 11.5 Å². The molecule has 0 bridgehead atoms. The smallest absolute Gasteiger partial charge is 0.356 e. The zero-order valence-electron chi connectivity index (χ0n) is 36.3. The van der Waals surface area contributed by atoms with Gasteiger partial charge in [-0.05, 0) is 98.9 Å². The number of hydrogen-bond acceptors (Lipinski definition) is 7. The molecule has 8 rings (SSSR count). The van der Waals surface area contributed by atoms with E-state index >= 15 is 0 Å². The first-order valence-corrected chi connectivity index (χ1v) is 21.4. The fourth-order valence-electron chi connectivity index (χ4n) is 7.87. The van der Waals surface area contributed by atoms with Crippen molar-refractivity contribution in [1.82, 2.24) is 24.4 Å². The molecule has 1 amide bonds. The summed E-state index contributed by atoms with van der Waals surface area (Å²) in [6.45, 7) is 5.70. The van der Waals surface area contributed by atoms with Crippen molar-refractivity contribution in [2.24, 2.45) is 5.73 Å². The molecule has 2 aliphatic rings. The minimum atomic E-state index is -0.968. The molecule has 2 aromatic heterocycles. The van der Waals surface area contributed by atoms with Crippen LogP contribution in [0.3, 0.4) is 0 Å². The molecule has 2 aliphatic heterocycles. The third-order valence-electron chi connectivity index (χ3n) is 11.4. The number of halogens is 1. The Morgan fingerprint density at radius 2 is 1.18 bits per heavy atom. The number of ether oxygens (including phenoxy) is 2. The molecule has 4 atom stereocenters. The van der Waals surface area contributed by atoms with E-state index in [1.807, 2.05) is 72.3 Å². The van der Waals surface area contributed by atoms with Gasteiger partial charge in [0.25, 0.3) is 5.91 Å². The summed E-state index contributed by atoms with van der Waals surface area (Å²) < 4.78 is 14.7. The highest BCUT2D eigenvalue weighted by Crippen LogP contribution is 2.32. The Balaban J connectivity index is 0.000000195. The van der Waals surface area contributed by atoms with Crippen molar-refractivity contribution in [2.45, 2.75) is 102 Å². The van der Waals surface area contributed by atoms with Crippen molar-refractivity contribution in [3.63, 3.8) is 0 Å². The van der Waals surface area contributed by atoms with E-state index in [9.17, 15) is 9.59 Å². The molecule has 4 unspecified atom stereocenters. The van der Waals surface area contributed by atoms with Gasteiger partial charge in [-0.25, -0.2) is 14.8 Å². The van der Waals surface area contributed by atoms with Crippen LogP contribution in [-0.4, -0.2) is 62.4 Å². The van der Waals surface area contributed by atoms with Gasteiger partial charge < -0.3 is 34.8 Å². The zero-order valence-corrected chi connectivity index (χ0v) is 37.1. The Hall–Kier alpha value is -5.91. The number of carbonyl (C=O) groups is 2. The topological polar surface area (TPSA) is 147 Å². The number of methoxy groups -OCH3 is 2. The Bertz CT molecular complexity index is 2310. The molecule has 328 valence electrons. The number of benzene rings is 4. The number of carboxylic acids is 1. The van der Waals surface area contributed by atoms with Crippen LogP contribution >= 0.6 is 12.4 Å². The molecule has 12 heteroatoms. The van der Waals surface area contributed by atoms with Gasteiger partial charge in [0.1, 0.15) is 28.8 Å². The van der Waals surface area contributed by atoms with Gasteiger partial charge in [0.2, 0.25) is 0 Å². The normalized spacial score (nSPS) is 16.0. The Morgan fingerprint density at radius 1 is 0.710 bits per heavy atom. The lowest BCUT2D eigenvalue weighted by molar-refractivity contribution is 0.0690. The number of carboxylic acid groups (broad SMARTS) is 1. The number of nitrogens with one attached hydrogen (secondary N) is 1. The molecule has 62 heavy (non-hydrogen) atoms. The van der Waals surface area contributed by atoms with E-state index in [4.69, 9.17) is 20.3 Å². The van der Waals surface area contributed by atoms with Crippen molar-refractivity contribution in [1.29, 1.82) is 0 Å². The van der Waals surface area contributed by atoms with Crippen LogP contribution in [0.4, 0.5) is 0 Å². The largest absolute Gasteiger partial charge is 0.497 e. The number of hydrogen-bond donors (Lipinski definition) is 3. The van der Waals surface area contributed by atoms with E-state index in [-0.39, 0.29) is 30.0 Å². The maximum atomic E-state index is 12.7. The Kier molecular flexibility index (Phi) is 17.8. The van der Waals surface area contributed by atoms with Crippen LogP contribution in [0.25, 0.3) is 0 Å². The molecular formula is C50H61ClN6O5. The minimum Gasteiger partial charge on any atom is -0.497 e. The maximum absolute atomic E-state index is 12.7. The average molecular weight is 862 g/mol. The summed E-state index contributed by atoms with van der Waals surface area (Å²) in [6, 6.07) is 37.5. The second-order valence-corrected chi connectivity index (χ2v) is 16.1. The summed E-state index contributed by atoms with van der Waals surface area (Å²) in [5.74, 6) is 3.31. The molecule has 0 fully saturated rings. The lowest BCUT2D eigenvalue weighted by Crippen LogP contribution is -2.33. The fourth-order valence-corrected chi connectivity index (χ4v) is 7.87. The standard InChI is InChI=1S/C25H29N3O2.C15H16N2O3.C10H15N.ClH/c1-18(11-12-19-7-4-3-5-8-19)26-25(29)23-17-28-16-21(13-14-24(28)27-23)20-9-6-10-22(15-20)30-2;1-20-12-4-2-3-10(7-12)11-5-6-14-16-13(15(18)19)9-17(14)8-11;1-9(11)7-8-10-5-3-2-4-6-10;/h3-10,15,17-18,21H,11-14,16H2,1-2H3,(H,26,29);2-4,7,9,11H,5-6,8H2,1H3,(H,18,19);2-6,9H,7-8,11H2,1H3;1H. The fraction of sp³-hybridized carbons (Fsp3) is 0.360. The third kappa shape index (κ3) is 13.5. The number of aromatic nitrogens is 4. The van der Waals surface area contributed by atoms with Crippen LogP contribution in [0, 0.1) is 0 Å². The van der Waals surface area contributed by atoms with Crippen LogP contribution in [0.1, 0.15) is 106 Å². The summed E-state index contributed by atoms with van der Waals surface area (Å²) in [6.07, 6.45) is 11.2. The van der Waals surface area contributed by atoms with Gasteiger partial charge >= 0.3 is 5.97 Å². The molecule has 4 heterocycles. The van der Waals surface area contributed by atoms with Crippen LogP contribution < -0.4 is 20.5 Å². The first kappa shape index (κ1) is 47.1. The quantitative estimate of drug-likeness (QED) is 0.104. The number of fused-ring (bicyclic) bond motifs is 2. The summed E-state index contributed by atoms with van der Waals surface area (Å²) in [5.41, 5.74) is 11.5. The highest BCUT2D eigenvalue weighted by molar-refractivity contribution is 5.92. The molecule has 6 aromatic rings. The van der Waals surface area contributed by atoms with E-state index < -0.39 is 5.97 Å². The average Bonchev–Trinajstić information content (AvgIpc) is 3.94. The Labute approximate surface area is 372 Å². The lowest BCUT2D eigenvalue weighted by Gasteiger charge is -2.24. The molecule has 4 N–H and O–H groups in total. The maximum Gasteiger partial charge on any atom is 0.356 e. The van der Waals surface area contributed by atoms with Gasteiger partial charge in [-0.3, -0.25) is 4.79 Å². The monoisotopic (exact) mass is 860 g/mol. The molecule has 11 nitrogen and oxygen atoms in total. The van der Waals surface area contributed by atoms with E-state index in [0.29, 0.717) is 23.6 Å². The van der Waals surface area contributed by atoms with Crippen molar-refractivity contribution in [3.8, 4) is 11.5 Å². The molecule has 0 saturated heterocycles. The van der Waals surface area contributed by atoms with Crippen molar-refractivity contribution < 1.29 is 24.2 Å². The third-order valence-corrected chi connectivity index (χ3v) is 11.4. The SMILES string of the molecule is CC(N)CCc1ccccc1.COc1cccc(C2CCc3nc(C(=O)NC(C)CCc4ccccc4)cn3C2)c1.COc1cccc(C2CCc3nc(C(=O)O)cn3C2)c1.Cl. The van der Waals surface area contributed by atoms with Crippen LogP contribution in [0.2, 0.25) is 0 Å². The van der Waals surface area contributed by atoms with E-state index in [2.05, 4.69) is 81.4 Å². The number of carbonyl (C=O) groups excluding carboxylic acids is 1. The number of rotatable bonds is 13. The van der Waals surface area contributed by atoms with E-state index in [1.165, 1.54) is 22.3 Å². The van der Waals surface area contributed by atoms with Gasteiger partial charge in [0, 0.05) is 62.2 Å². The van der Waals surface area contributed by atoms with Crippen molar-refractivity contribution in [3.05, 3.63) is 167 Å². The molecule has 0 spiro atoms. The van der Waals surface area contributed by atoms with Crippen LogP contribution in [0.15, 0.2) is 122 Å². The predicted octanol–water partition coefficient (Wildman–Crippen LogP) is 9.08. The number of nitrogens with zero attached hydrogens (tertiary/aromatic N) is 4. The number of aromatic carboxylic acids is 1. The summed E-state index contributed by atoms with van der Waals surface area (Å²) >= 11 is 0. The van der Waals surface area contributed by atoms with E-state index in [0.717, 1.165) is 87.6 Å². The molecule has 0 radical (unpaired) electrons. The number of aryl methyl sites for hydroxylation is 4. The molecule has 0 aliphatic carbocycles. The zero-order chi connectivity index (χ0) is 43.1. The van der Waals surface area contributed by atoms with Crippen molar-refractivity contribution in [2.75, 3.05) is 14.2 Å². The second kappa shape index (κ2) is 23.3. The number of amides is 1. The van der Waals surface area contributed by atoms with Gasteiger partial charge in [-0.1, -0.05) is 84.9 Å². The first-order valence-electron chi connectivity index (χ1n) is 21.4. The lowest BCUT2D eigenvalue weighted by atomic mass is 9.91. The van der Waals surface area contributed by atoms with Gasteiger partial charge in [-0.2, -0.15) is 0 Å². The summed E-state index contributed by atoms with van der Waals surface area (Å²) in [7, 11) is 3.35. The summed E-state index contributed by atoms with van der Waals surface area (Å²) in [5, 5.41) is 12.1. The van der Waals surface area contributed by atoms with Gasteiger partial charge in [-0.15, -0.1) is 12.4 Å². The summed E-state index contributed by atoms with van der Waals surface area (Å²) in [4.78, 5) is 32.4. The van der Waals surface area contributed by atoms with Gasteiger partial charge in [0.05, 0.1) is 14.2 Å². The molecular weight excluding hydrogens is 800 g/mol. The second-order valence-electron chi connectivity index (χ2n) is 16.1. The predicted molar refractivity (Wildman–Crippen MR) is 247 cm³/mol. The minimum absolute atomic E-state index is 0. The van der Waals surface area contributed by atoms with Crippen molar-refractivity contribution >= 4 is 24.3 Å².